The van der Waals surface area contributed by atoms with Crippen LogP contribution in [0, 0.1) is 0 Å². The fourth-order valence-electron chi connectivity index (χ4n) is 3.24. The zero-order chi connectivity index (χ0) is 13.9. The molecule has 0 amide bonds. The number of piperazine rings is 1. The summed E-state index contributed by atoms with van der Waals surface area (Å²) in [5, 5.41) is 0.675. The first kappa shape index (κ1) is 14.3. The molecule has 2 N–H and O–H groups in total. The van der Waals surface area contributed by atoms with Gasteiger partial charge in [-0.05, 0) is 19.8 Å². The standard InChI is InChI=1S/C14H24N4OS/c1-11-9-18(12-2-6-19-7-3-12)5-4-17(11)10-13-8-16-14(15)20-13/h8,11-12H,2-7,9-10H2,1H3,(H2,15,16)/t11-/m1/s1. The summed E-state index contributed by atoms with van der Waals surface area (Å²) in [7, 11) is 0. The highest BCUT2D eigenvalue weighted by Crippen LogP contribution is 2.22. The molecule has 2 fully saturated rings. The van der Waals surface area contributed by atoms with E-state index in [1.54, 1.807) is 11.3 Å². The molecule has 0 aromatic carbocycles. The Balaban J connectivity index is 1.53. The van der Waals surface area contributed by atoms with Crippen LogP contribution in [0.1, 0.15) is 24.6 Å². The molecule has 1 aromatic heterocycles. The summed E-state index contributed by atoms with van der Waals surface area (Å²) in [6.07, 6.45) is 4.30. The van der Waals surface area contributed by atoms with Crippen LogP contribution < -0.4 is 5.73 Å². The highest BCUT2D eigenvalue weighted by Gasteiger charge is 2.29. The molecule has 1 aromatic rings. The van der Waals surface area contributed by atoms with E-state index >= 15 is 0 Å². The van der Waals surface area contributed by atoms with Crippen LogP contribution in [0.15, 0.2) is 6.20 Å². The maximum Gasteiger partial charge on any atom is 0.180 e. The van der Waals surface area contributed by atoms with Crippen molar-refractivity contribution in [2.24, 2.45) is 0 Å². The van der Waals surface area contributed by atoms with E-state index in [0.29, 0.717) is 11.2 Å². The summed E-state index contributed by atoms with van der Waals surface area (Å²) in [6.45, 7) is 8.64. The molecule has 2 aliphatic rings. The monoisotopic (exact) mass is 296 g/mol. The van der Waals surface area contributed by atoms with E-state index < -0.39 is 0 Å². The molecular weight excluding hydrogens is 272 g/mol. The summed E-state index contributed by atoms with van der Waals surface area (Å²) in [6, 6.07) is 1.32. The average molecular weight is 296 g/mol. The number of anilines is 1. The van der Waals surface area contributed by atoms with Gasteiger partial charge in [0, 0.05) is 62.6 Å². The minimum atomic E-state index is 0.593. The maximum absolute atomic E-state index is 5.71. The summed E-state index contributed by atoms with van der Waals surface area (Å²) >= 11 is 1.61. The van der Waals surface area contributed by atoms with E-state index in [-0.39, 0.29) is 0 Å². The number of thiazole rings is 1. The molecule has 0 saturated carbocycles. The van der Waals surface area contributed by atoms with Crippen molar-refractivity contribution in [1.82, 2.24) is 14.8 Å². The van der Waals surface area contributed by atoms with E-state index in [1.807, 2.05) is 6.20 Å². The number of rotatable bonds is 3. The second-order valence-corrected chi connectivity index (χ2v) is 6.97. The Kier molecular flexibility index (Phi) is 4.55. The van der Waals surface area contributed by atoms with Gasteiger partial charge < -0.3 is 10.5 Å². The minimum absolute atomic E-state index is 0.593. The molecule has 2 aliphatic heterocycles. The molecule has 0 spiro atoms. The lowest BCUT2D eigenvalue weighted by atomic mass is 10.0. The summed E-state index contributed by atoms with van der Waals surface area (Å²) in [5.41, 5.74) is 5.71. The predicted octanol–water partition coefficient (Wildman–Crippen LogP) is 1.41. The number of hydrogen-bond acceptors (Lipinski definition) is 6. The average Bonchev–Trinajstić information content (AvgIpc) is 2.87. The van der Waals surface area contributed by atoms with Gasteiger partial charge in [-0.1, -0.05) is 0 Å². The van der Waals surface area contributed by atoms with Crippen LogP contribution >= 0.6 is 11.3 Å². The molecule has 0 unspecified atom stereocenters. The Hall–Kier alpha value is -0.690. The van der Waals surface area contributed by atoms with Gasteiger partial charge in [0.25, 0.3) is 0 Å². The molecular formula is C14H24N4OS. The lowest BCUT2D eigenvalue weighted by Gasteiger charge is -2.44. The van der Waals surface area contributed by atoms with Gasteiger partial charge >= 0.3 is 0 Å². The molecule has 5 nitrogen and oxygen atoms in total. The minimum Gasteiger partial charge on any atom is -0.381 e. The topological polar surface area (TPSA) is 54.6 Å². The van der Waals surface area contributed by atoms with E-state index in [0.717, 1.165) is 32.3 Å². The van der Waals surface area contributed by atoms with Crippen molar-refractivity contribution in [3.63, 3.8) is 0 Å². The first-order valence-corrected chi connectivity index (χ1v) is 8.30. The van der Waals surface area contributed by atoms with Crippen LogP contribution in [-0.2, 0) is 11.3 Å². The second kappa shape index (κ2) is 6.39. The van der Waals surface area contributed by atoms with Crippen LogP contribution in [0.5, 0.6) is 0 Å². The summed E-state index contributed by atoms with van der Waals surface area (Å²) in [4.78, 5) is 10.6. The van der Waals surface area contributed by atoms with E-state index in [9.17, 15) is 0 Å². The van der Waals surface area contributed by atoms with E-state index in [1.165, 1.54) is 30.8 Å². The van der Waals surface area contributed by atoms with E-state index in [2.05, 4.69) is 21.7 Å². The van der Waals surface area contributed by atoms with Crippen molar-refractivity contribution in [1.29, 1.82) is 0 Å². The molecule has 6 heteroatoms. The highest BCUT2D eigenvalue weighted by atomic mass is 32.1. The van der Waals surface area contributed by atoms with Gasteiger partial charge in [0.05, 0.1) is 0 Å². The molecule has 0 aliphatic carbocycles. The van der Waals surface area contributed by atoms with Crippen LogP contribution in [0.2, 0.25) is 0 Å². The Labute approximate surface area is 124 Å². The van der Waals surface area contributed by atoms with Gasteiger partial charge in [0.1, 0.15) is 0 Å². The summed E-state index contributed by atoms with van der Waals surface area (Å²) in [5.74, 6) is 0. The van der Waals surface area contributed by atoms with Crippen molar-refractivity contribution in [2.45, 2.75) is 38.4 Å². The van der Waals surface area contributed by atoms with Crippen LogP contribution in [0.4, 0.5) is 5.13 Å². The first-order valence-electron chi connectivity index (χ1n) is 7.48. The van der Waals surface area contributed by atoms with Gasteiger partial charge in [0.15, 0.2) is 5.13 Å². The molecule has 3 rings (SSSR count). The second-order valence-electron chi connectivity index (χ2n) is 5.82. The zero-order valence-electron chi connectivity index (χ0n) is 12.1. The third-order valence-electron chi connectivity index (χ3n) is 4.43. The van der Waals surface area contributed by atoms with Crippen LogP contribution in [-0.4, -0.2) is 59.7 Å². The van der Waals surface area contributed by atoms with Crippen molar-refractivity contribution >= 4 is 16.5 Å². The van der Waals surface area contributed by atoms with Gasteiger partial charge in [-0.15, -0.1) is 11.3 Å². The Morgan fingerprint density at radius 2 is 2.20 bits per heavy atom. The predicted molar refractivity (Wildman–Crippen MR) is 81.8 cm³/mol. The molecule has 112 valence electrons. The molecule has 1 atom stereocenters. The fraction of sp³-hybridized carbons (Fsp3) is 0.786. The quantitative estimate of drug-likeness (QED) is 0.914. The fourth-order valence-corrected chi connectivity index (χ4v) is 3.95. The van der Waals surface area contributed by atoms with Gasteiger partial charge in [-0.3, -0.25) is 9.80 Å². The Bertz CT molecular complexity index is 433. The van der Waals surface area contributed by atoms with Gasteiger partial charge in [-0.25, -0.2) is 4.98 Å². The number of nitrogen functional groups attached to an aromatic ring is 1. The third-order valence-corrected chi connectivity index (χ3v) is 5.25. The first-order chi connectivity index (χ1) is 9.72. The molecule has 0 radical (unpaired) electrons. The van der Waals surface area contributed by atoms with Crippen molar-refractivity contribution in [3.8, 4) is 0 Å². The third kappa shape index (κ3) is 3.31. The number of hydrogen-bond donors (Lipinski definition) is 1. The Morgan fingerprint density at radius 3 is 2.85 bits per heavy atom. The van der Waals surface area contributed by atoms with Gasteiger partial charge in [0.2, 0.25) is 0 Å². The Morgan fingerprint density at radius 1 is 1.40 bits per heavy atom. The smallest absolute Gasteiger partial charge is 0.180 e. The highest BCUT2D eigenvalue weighted by molar-refractivity contribution is 7.15. The normalized spacial score (nSPS) is 26.9. The van der Waals surface area contributed by atoms with Crippen molar-refractivity contribution in [2.75, 3.05) is 38.6 Å². The maximum atomic E-state index is 5.71. The molecule has 3 heterocycles. The SMILES string of the molecule is C[C@@H]1CN(C2CCOCC2)CCN1Cc1cnc(N)s1. The van der Waals surface area contributed by atoms with E-state index in [4.69, 9.17) is 10.5 Å². The number of ether oxygens (including phenoxy) is 1. The summed E-state index contributed by atoms with van der Waals surface area (Å²) < 4.78 is 5.47. The molecule has 0 bridgehead atoms. The molecule has 2 saturated heterocycles. The van der Waals surface area contributed by atoms with Crippen molar-refractivity contribution in [3.05, 3.63) is 11.1 Å². The lowest BCUT2D eigenvalue weighted by molar-refractivity contribution is -0.00318. The largest absolute Gasteiger partial charge is 0.381 e. The number of nitrogens with two attached hydrogens (primary N) is 1. The van der Waals surface area contributed by atoms with Crippen LogP contribution in [0.3, 0.4) is 0 Å². The number of aromatic nitrogens is 1. The lowest BCUT2D eigenvalue weighted by Crippen LogP contribution is -2.55. The van der Waals surface area contributed by atoms with Crippen LogP contribution in [0.25, 0.3) is 0 Å². The number of nitrogens with zero attached hydrogens (tertiary/aromatic N) is 3. The van der Waals surface area contributed by atoms with Crippen molar-refractivity contribution < 1.29 is 4.74 Å². The molecule has 20 heavy (non-hydrogen) atoms. The zero-order valence-corrected chi connectivity index (χ0v) is 12.9. The van der Waals surface area contributed by atoms with Gasteiger partial charge in [-0.2, -0.15) is 0 Å².